The molecular formula is C15H22BrNO2. The van der Waals surface area contributed by atoms with Gasteiger partial charge in [0.2, 0.25) is 0 Å². The highest BCUT2D eigenvalue weighted by atomic mass is 79.9. The normalized spacial score (nSPS) is 22.7. The summed E-state index contributed by atoms with van der Waals surface area (Å²) in [7, 11) is 0. The maximum atomic E-state index is 9.80. The van der Waals surface area contributed by atoms with Gasteiger partial charge in [-0.2, -0.15) is 0 Å². The first-order chi connectivity index (χ1) is 9.20. The molecule has 1 aromatic carbocycles. The maximum absolute atomic E-state index is 9.80. The minimum Gasteiger partial charge on any atom is -0.488 e. The van der Waals surface area contributed by atoms with Gasteiger partial charge in [0.25, 0.3) is 0 Å². The molecule has 19 heavy (non-hydrogen) atoms. The molecule has 0 heterocycles. The molecule has 1 fully saturated rings. The van der Waals surface area contributed by atoms with Crippen molar-refractivity contribution in [3.63, 3.8) is 0 Å². The highest BCUT2D eigenvalue weighted by Gasteiger charge is 2.26. The summed E-state index contributed by atoms with van der Waals surface area (Å²) in [6.45, 7) is 4.00. The summed E-state index contributed by atoms with van der Waals surface area (Å²) >= 11 is 3.56. The lowest BCUT2D eigenvalue weighted by molar-refractivity contribution is 0.0603. The second-order valence-corrected chi connectivity index (χ2v) is 5.94. The lowest BCUT2D eigenvalue weighted by Crippen LogP contribution is -2.25. The molecule has 0 aromatic heterocycles. The number of aliphatic hydroxyl groups excluding tert-OH is 1. The smallest absolute Gasteiger partial charge is 0.124 e. The van der Waals surface area contributed by atoms with Crippen LogP contribution in [0.15, 0.2) is 22.7 Å². The molecule has 0 aliphatic heterocycles. The molecule has 0 amide bonds. The Labute approximate surface area is 123 Å². The first kappa shape index (κ1) is 14.8. The van der Waals surface area contributed by atoms with Crippen LogP contribution in [0.3, 0.4) is 0 Å². The largest absolute Gasteiger partial charge is 0.488 e. The number of aliphatic hydroxyl groups is 1. The van der Waals surface area contributed by atoms with Gasteiger partial charge in [0.1, 0.15) is 11.9 Å². The molecule has 1 aromatic rings. The van der Waals surface area contributed by atoms with Crippen molar-refractivity contribution >= 4 is 15.9 Å². The van der Waals surface area contributed by atoms with E-state index in [9.17, 15) is 5.11 Å². The van der Waals surface area contributed by atoms with Gasteiger partial charge in [-0.05, 0) is 56.0 Å². The Morgan fingerprint density at radius 3 is 2.95 bits per heavy atom. The number of ether oxygens (including phenoxy) is 1. The second kappa shape index (κ2) is 7.27. The van der Waals surface area contributed by atoms with Gasteiger partial charge in [-0.15, -0.1) is 0 Å². The molecule has 4 heteroatoms. The molecule has 2 unspecified atom stereocenters. The fraction of sp³-hybridized carbons (Fsp3) is 0.600. The summed E-state index contributed by atoms with van der Waals surface area (Å²) in [4.78, 5) is 0. The molecular weight excluding hydrogens is 306 g/mol. The van der Waals surface area contributed by atoms with Crippen LogP contribution in [0.4, 0.5) is 0 Å². The van der Waals surface area contributed by atoms with Gasteiger partial charge in [0.15, 0.2) is 0 Å². The lowest BCUT2D eigenvalue weighted by Gasteiger charge is -2.18. The van der Waals surface area contributed by atoms with Crippen LogP contribution in [-0.4, -0.2) is 23.9 Å². The maximum Gasteiger partial charge on any atom is 0.124 e. The Hall–Kier alpha value is -0.580. The lowest BCUT2D eigenvalue weighted by atomic mass is 10.2. The first-order valence-corrected chi connectivity index (χ1v) is 7.84. The minimum atomic E-state index is -0.315. The molecule has 3 nitrogen and oxygen atoms in total. The molecule has 1 aliphatic carbocycles. The average molecular weight is 328 g/mol. The van der Waals surface area contributed by atoms with Crippen molar-refractivity contribution in [2.24, 2.45) is 0 Å². The molecule has 0 spiro atoms. The molecule has 0 saturated heterocycles. The third-order valence-electron chi connectivity index (χ3n) is 3.46. The van der Waals surface area contributed by atoms with Crippen LogP contribution < -0.4 is 10.1 Å². The Bertz CT molecular complexity index is 411. The van der Waals surface area contributed by atoms with Crippen molar-refractivity contribution in [3.05, 3.63) is 28.2 Å². The van der Waals surface area contributed by atoms with Crippen LogP contribution in [0.25, 0.3) is 0 Å². The van der Waals surface area contributed by atoms with E-state index in [2.05, 4.69) is 34.2 Å². The van der Waals surface area contributed by atoms with Crippen molar-refractivity contribution in [2.75, 3.05) is 6.54 Å². The molecule has 1 aliphatic rings. The van der Waals surface area contributed by atoms with Gasteiger partial charge in [-0.1, -0.05) is 22.9 Å². The molecule has 1 saturated carbocycles. The zero-order chi connectivity index (χ0) is 13.7. The van der Waals surface area contributed by atoms with Crippen molar-refractivity contribution in [1.29, 1.82) is 0 Å². The molecule has 2 rings (SSSR count). The predicted molar refractivity (Wildman–Crippen MR) is 80.4 cm³/mol. The van der Waals surface area contributed by atoms with E-state index in [0.29, 0.717) is 0 Å². The minimum absolute atomic E-state index is 0.0439. The Morgan fingerprint density at radius 2 is 2.26 bits per heavy atom. The quantitative estimate of drug-likeness (QED) is 0.788. The number of halogens is 1. The Balaban J connectivity index is 1.99. The van der Waals surface area contributed by atoms with Gasteiger partial charge in [0.05, 0.1) is 6.10 Å². The van der Waals surface area contributed by atoms with Crippen LogP contribution in [-0.2, 0) is 6.54 Å². The summed E-state index contributed by atoms with van der Waals surface area (Å²) in [6, 6.07) is 6.02. The average Bonchev–Trinajstić information content (AvgIpc) is 2.79. The number of hydrogen-bond acceptors (Lipinski definition) is 3. The van der Waals surface area contributed by atoms with E-state index in [4.69, 9.17) is 4.74 Å². The number of nitrogens with one attached hydrogen (secondary N) is 1. The summed E-state index contributed by atoms with van der Waals surface area (Å²) in [5, 5.41) is 13.2. The standard InChI is InChI=1S/C15H22BrNO2/c1-2-8-17-10-11-9-12(6-7-13(11)16)19-15-5-3-4-14(15)18/h6-7,9,14-15,17-18H,2-5,8,10H2,1H3. The third-order valence-corrected chi connectivity index (χ3v) is 4.24. The van der Waals surface area contributed by atoms with Crippen molar-refractivity contribution in [3.8, 4) is 5.75 Å². The van der Waals surface area contributed by atoms with Gasteiger partial charge in [0, 0.05) is 11.0 Å². The highest BCUT2D eigenvalue weighted by Crippen LogP contribution is 2.27. The van der Waals surface area contributed by atoms with Gasteiger partial charge >= 0.3 is 0 Å². The van der Waals surface area contributed by atoms with E-state index >= 15 is 0 Å². The van der Waals surface area contributed by atoms with E-state index < -0.39 is 0 Å². The molecule has 0 bridgehead atoms. The number of hydrogen-bond donors (Lipinski definition) is 2. The Morgan fingerprint density at radius 1 is 1.42 bits per heavy atom. The zero-order valence-corrected chi connectivity index (χ0v) is 12.9. The van der Waals surface area contributed by atoms with E-state index in [1.807, 2.05) is 12.1 Å². The van der Waals surface area contributed by atoms with Gasteiger partial charge in [-0.25, -0.2) is 0 Å². The fourth-order valence-electron chi connectivity index (χ4n) is 2.38. The predicted octanol–water partition coefficient (Wildman–Crippen LogP) is 3.24. The van der Waals surface area contributed by atoms with Crippen molar-refractivity contribution < 1.29 is 9.84 Å². The van der Waals surface area contributed by atoms with Crippen molar-refractivity contribution in [2.45, 2.75) is 51.4 Å². The summed E-state index contributed by atoms with van der Waals surface area (Å²) in [5.41, 5.74) is 1.19. The third kappa shape index (κ3) is 4.20. The molecule has 0 radical (unpaired) electrons. The molecule has 2 N–H and O–H groups in total. The number of benzene rings is 1. The highest BCUT2D eigenvalue weighted by molar-refractivity contribution is 9.10. The Kier molecular flexibility index (Phi) is 5.67. The topological polar surface area (TPSA) is 41.5 Å². The van der Waals surface area contributed by atoms with Crippen LogP contribution in [0.2, 0.25) is 0 Å². The molecule has 2 atom stereocenters. The van der Waals surface area contributed by atoms with Gasteiger partial charge < -0.3 is 15.2 Å². The van der Waals surface area contributed by atoms with E-state index in [1.54, 1.807) is 0 Å². The fourth-order valence-corrected chi connectivity index (χ4v) is 2.77. The summed E-state index contributed by atoms with van der Waals surface area (Å²) < 4.78 is 6.98. The van der Waals surface area contributed by atoms with E-state index in [-0.39, 0.29) is 12.2 Å². The van der Waals surface area contributed by atoms with E-state index in [1.165, 1.54) is 5.56 Å². The monoisotopic (exact) mass is 327 g/mol. The summed E-state index contributed by atoms with van der Waals surface area (Å²) in [5.74, 6) is 0.849. The first-order valence-electron chi connectivity index (χ1n) is 7.04. The zero-order valence-electron chi connectivity index (χ0n) is 11.4. The summed E-state index contributed by atoms with van der Waals surface area (Å²) in [6.07, 6.45) is 3.62. The van der Waals surface area contributed by atoms with Crippen LogP contribution in [0, 0.1) is 0 Å². The van der Waals surface area contributed by atoms with Crippen molar-refractivity contribution in [1.82, 2.24) is 5.32 Å². The molecule has 106 valence electrons. The van der Waals surface area contributed by atoms with Gasteiger partial charge in [-0.3, -0.25) is 0 Å². The van der Waals surface area contributed by atoms with Crippen LogP contribution >= 0.6 is 15.9 Å². The van der Waals surface area contributed by atoms with Crippen LogP contribution in [0.1, 0.15) is 38.2 Å². The van der Waals surface area contributed by atoms with E-state index in [0.717, 1.165) is 49.0 Å². The second-order valence-electron chi connectivity index (χ2n) is 5.08. The SMILES string of the molecule is CCCNCc1cc(OC2CCCC2O)ccc1Br. The number of rotatable bonds is 6. The van der Waals surface area contributed by atoms with Crippen LogP contribution in [0.5, 0.6) is 5.75 Å².